The van der Waals surface area contributed by atoms with E-state index in [9.17, 15) is 18.0 Å². The summed E-state index contributed by atoms with van der Waals surface area (Å²) in [7, 11) is 0. The second-order valence-electron chi connectivity index (χ2n) is 7.46. The molecule has 0 aliphatic carbocycles. The molecule has 1 aromatic carbocycles. The summed E-state index contributed by atoms with van der Waals surface area (Å²) in [5.41, 5.74) is 2.02. The molecule has 0 saturated heterocycles. The van der Waals surface area contributed by atoms with Gasteiger partial charge in [0.15, 0.2) is 0 Å². The highest BCUT2D eigenvalue weighted by atomic mass is 32.2. The number of amides is 1. The second kappa shape index (κ2) is 11.4. The number of thioether (sulfide) groups is 1. The number of alkyl halides is 3. The predicted molar refractivity (Wildman–Crippen MR) is 126 cm³/mol. The van der Waals surface area contributed by atoms with E-state index in [1.807, 2.05) is 25.3 Å². The van der Waals surface area contributed by atoms with Crippen molar-refractivity contribution in [2.24, 2.45) is 0 Å². The van der Waals surface area contributed by atoms with Crippen molar-refractivity contribution in [2.45, 2.75) is 45.0 Å². The van der Waals surface area contributed by atoms with E-state index in [-0.39, 0.29) is 23.6 Å². The van der Waals surface area contributed by atoms with Crippen LogP contribution < -0.4 is 4.90 Å². The minimum Gasteiger partial charge on any atom is -0.310 e. The third-order valence-corrected chi connectivity index (χ3v) is 6.12. The summed E-state index contributed by atoms with van der Waals surface area (Å²) in [5, 5.41) is 4.66. The van der Waals surface area contributed by atoms with Crippen molar-refractivity contribution in [1.29, 1.82) is 0 Å². The topological polar surface area (TPSA) is 51.0 Å². The molecule has 0 radical (unpaired) electrons. The molecule has 9 heteroatoms. The zero-order valence-electron chi connectivity index (χ0n) is 18.7. The third-order valence-electron chi connectivity index (χ3n) is 5.11. The molecule has 2 heterocycles. The maximum Gasteiger partial charge on any atom is 0.416 e. The Morgan fingerprint density at radius 2 is 1.94 bits per heavy atom. The number of aryl methyl sites for hydroxylation is 1. The predicted octanol–water partition coefficient (Wildman–Crippen LogP) is 5.92. The molecular weight excluding hydrogens is 449 g/mol. The van der Waals surface area contributed by atoms with Gasteiger partial charge in [-0.15, -0.1) is 0 Å². The van der Waals surface area contributed by atoms with Gasteiger partial charge in [-0.2, -0.15) is 30.0 Å². The molecule has 0 spiro atoms. The Balaban J connectivity index is 1.67. The molecule has 3 aromatic rings. The van der Waals surface area contributed by atoms with E-state index in [4.69, 9.17) is 0 Å². The Labute approximate surface area is 196 Å². The molecule has 5 nitrogen and oxygen atoms in total. The van der Waals surface area contributed by atoms with Gasteiger partial charge in [0.2, 0.25) is 5.91 Å². The van der Waals surface area contributed by atoms with Crippen LogP contribution in [0.4, 0.5) is 18.9 Å². The van der Waals surface area contributed by atoms with Gasteiger partial charge in [0.1, 0.15) is 0 Å². The van der Waals surface area contributed by atoms with E-state index in [2.05, 4.69) is 17.0 Å². The Morgan fingerprint density at radius 1 is 1.15 bits per heavy atom. The molecule has 0 unspecified atom stereocenters. The summed E-state index contributed by atoms with van der Waals surface area (Å²) in [6, 6.07) is 9.29. The Kier molecular flexibility index (Phi) is 8.55. The second-order valence-corrected chi connectivity index (χ2v) is 8.57. The fourth-order valence-corrected chi connectivity index (χ4v) is 4.48. The van der Waals surface area contributed by atoms with Crippen LogP contribution >= 0.6 is 11.8 Å². The van der Waals surface area contributed by atoms with Crippen molar-refractivity contribution in [3.8, 4) is 5.69 Å². The molecule has 0 atom stereocenters. The van der Waals surface area contributed by atoms with Crippen molar-refractivity contribution in [3.63, 3.8) is 0 Å². The zero-order valence-corrected chi connectivity index (χ0v) is 19.5. The molecule has 0 bridgehead atoms. The van der Waals surface area contributed by atoms with Crippen molar-refractivity contribution < 1.29 is 18.0 Å². The summed E-state index contributed by atoms with van der Waals surface area (Å²) in [5.74, 6) is 0.563. The maximum atomic E-state index is 13.2. The first kappa shape index (κ1) is 24.8. The third kappa shape index (κ3) is 6.37. The van der Waals surface area contributed by atoms with Crippen LogP contribution in [0.5, 0.6) is 0 Å². The minimum absolute atomic E-state index is 0.0720. The lowest BCUT2D eigenvalue weighted by atomic mass is 10.1. The number of rotatable bonds is 10. The molecule has 176 valence electrons. The highest BCUT2D eigenvalue weighted by Crippen LogP contribution is 2.33. The van der Waals surface area contributed by atoms with Gasteiger partial charge in [-0.05, 0) is 37.1 Å². The first-order valence-corrected chi connectivity index (χ1v) is 12.0. The van der Waals surface area contributed by atoms with E-state index >= 15 is 0 Å². The highest BCUT2D eigenvalue weighted by Gasteiger charge is 2.32. The number of hydrogen-bond acceptors (Lipinski definition) is 4. The standard InChI is InChI=1S/C24H27F3N4OS/c1-3-8-21-22(16-31(29-21)19-10-7-13-28-15-19)30(4-2)23(32)12-14-33-17-18-9-5-6-11-20(18)24(25,26)27/h5-7,9-11,13,15-16H,3-4,8,12,14,17H2,1-2H3. The molecule has 1 amide bonds. The Bertz CT molecular complexity index is 1050. The summed E-state index contributed by atoms with van der Waals surface area (Å²) in [4.78, 5) is 18.8. The SMILES string of the molecule is CCCc1nn(-c2cccnc2)cc1N(CC)C(=O)CCSCc1ccccc1C(F)(F)F. The minimum atomic E-state index is -4.38. The average molecular weight is 477 g/mol. The molecule has 0 aliphatic rings. The van der Waals surface area contributed by atoms with E-state index in [1.54, 1.807) is 28.0 Å². The van der Waals surface area contributed by atoms with E-state index in [0.717, 1.165) is 36.0 Å². The molecular formula is C24H27F3N4OS. The number of benzene rings is 1. The number of anilines is 1. The number of halogens is 3. The van der Waals surface area contributed by atoms with Crippen LogP contribution in [0.2, 0.25) is 0 Å². The van der Waals surface area contributed by atoms with Crippen molar-refractivity contribution in [2.75, 3.05) is 17.2 Å². The average Bonchev–Trinajstić information content (AvgIpc) is 3.21. The van der Waals surface area contributed by atoms with Crippen LogP contribution in [0.1, 0.15) is 43.5 Å². The fourth-order valence-electron chi connectivity index (χ4n) is 3.54. The van der Waals surface area contributed by atoms with Crippen LogP contribution in [0.25, 0.3) is 5.69 Å². The van der Waals surface area contributed by atoms with Gasteiger partial charge in [-0.3, -0.25) is 9.78 Å². The summed E-state index contributed by atoms with van der Waals surface area (Å²) in [6.07, 6.45) is 2.71. The van der Waals surface area contributed by atoms with Gasteiger partial charge >= 0.3 is 6.18 Å². The summed E-state index contributed by atoms with van der Waals surface area (Å²) < 4.78 is 41.2. The number of nitrogens with zero attached hydrogens (tertiary/aromatic N) is 4. The molecule has 33 heavy (non-hydrogen) atoms. The van der Waals surface area contributed by atoms with Gasteiger partial charge in [-0.25, -0.2) is 4.68 Å². The van der Waals surface area contributed by atoms with Gasteiger partial charge in [0.05, 0.1) is 35.0 Å². The number of carbonyl (C=O) groups excluding carboxylic acids is 1. The lowest BCUT2D eigenvalue weighted by Gasteiger charge is -2.20. The monoisotopic (exact) mass is 476 g/mol. The number of aromatic nitrogens is 3. The summed E-state index contributed by atoms with van der Waals surface area (Å²) >= 11 is 1.33. The van der Waals surface area contributed by atoms with Gasteiger partial charge in [0.25, 0.3) is 0 Å². The molecule has 0 N–H and O–H groups in total. The fraction of sp³-hybridized carbons (Fsp3) is 0.375. The molecule has 0 aliphatic heterocycles. The smallest absolute Gasteiger partial charge is 0.310 e. The first-order chi connectivity index (χ1) is 15.8. The van der Waals surface area contributed by atoms with Crippen molar-refractivity contribution in [1.82, 2.24) is 14.8 Å². The normalized spacial score (nSPS) is 11.5. The van der Waals surface area contributed by atoms with Crippen molar-refractivity contribution in [3.05, 3.63) is 71.8 Å². The van der Waals surface area contributed by atoms with E-state index < -0.39 is 11.7 Å². The zero-order chi connectivity index (χ0) is 23.8. The van der Waals surface area contributed by atoms with Crippen molar-refractivity contribution >= 4 is 23.4 Å². The summed E-state index contributed by atoms with van der Waals surface area (Å²) in [6.45, 7) is 4.44. The van der Waals surface area contributed by atoms with Gasteiger partial charge < -0.3 is 4.90 Å². The van der Waals surface area contributed by atoms with Crippen LogP contribution in [0, 0.1) is 0 Å². The van der Waals surface area contributed by atoms with Crippen LogP contribution in [0.3, 0.4) is 0 Å². The molecule has 3 rings (SSSR count). The molecule has 0 fully saturated rings. The number of carbonyl (C=O) groups is 1. The largest absolute Gasteiger partial charge is 0.416 e. The quantitative estimate of drug-likeness (QED) is 0.341. The highest BCUT2D eigenvalue weighted by molar-refractivity contribution is 7.98. The lowest BCUT2D eigenvalue weighted by molar-refractivity contribution is -0.138. The maximum absolute atomic E-state index is 13.2. The van der Waals surface area contributed by atoms with Crippen LogP contribution in [-0.4, -0.2) is 33.0 Å². The Morgan fingerprint density at radius 3 is 2.61 bits per heavy atom. The van der Waals surface area contributed by atoms with Crippen LogP contribution in [0.15, 0.2) is 55.0 Å². The first-order valence-electron chi connectivity index (χ1n) is 10.9. The van der Waals surface area contributed by atoms with Gasteiger partial charge in [-0.1, -0.05) is 31.5 Å². The number of hydrogen-bond donors (Lipinski definition) is 0. The number of pyridine rings is 1. The lowest BCUT2D eigenvalue weighted by Crippen LogP contribution is -2.31. The Hall–Kier alpha value is -2.81. The molecule has 0 saturated carbocycles. The van der Waals surface area contributed by atoms with E-state index in [0.29, 0.717) is 12.3 Å². The molecule has 2 aromatic heterocycles. The van der Waals surface area contributed by atoms with Gasteiger partial charge in [0, 0.05) is 30.7 Å². The van der Waals surface area contributed by atoms with E-state index in [1.165, 1.54) is 23.9 Å². The van der Waals surface area contributed by atoms with Crippen LogP contribution in [-0.2, 0) is 23.1 Å².